The Morgan fingerprint density at radius 1 is 1.05 bits per heavy atom. The molecule has 0 fully saturated rings. The van der Waals surface area contributed by atoms with Crippen molar-refractivity contribution in [2.24, 2.45) is 0 Å². The third-order valence-corrected chi connectivity index (χ3v) is 3.48. The normalized spacial score (nSPS) is 10.8. The van der Waals surface area contributed by atoms with Crippen LogP contribution in [0.5, 0.6) is 0 Å². The summed E-state index contributed by atoms with van der Waals surface area (Å²) in [6.07, 6.45) is 0. The first kappa shape index (κ1) is 11.9. The second-order valence-corrected chi connectivity index (χ2v) is 4.81. The van der Waals surface area contributed by atoms with Crippen LogP contribution < -0.4 is 5.76 Å². The van der Waals surface area contributed by atoms with Crippen LogP contribution in [0, 0.1) is 0 Å². The Labute approximate surface area is 116 Å². The van der Waals surface area contributed by atoms with Crippen LogP contribution in [0.15, 0.2) is 62.2 Å². The van der Waals surface area contributed by atoms with E-state index in [1.807, 2.05) is 0 Å². The van der Waals surface area contributed by atoms with Gasteiger partial charge < -0.3 is 4.42 Å². The van der Waals surface area contributed by atoms with Gasteiger partial charge in [0.15, 0.2) is 5.58 Å². The predicted octanol–water partition coefficient (Wildman–Crippen LogP) is 3.05. The van der Waals surface area contributed by atoms with Gasteiger partial charge in [0, 0.05) is 4.47 Å². The van der Waals surface area contributed by atoms with Crippen LogP contribution in [0.2, 0.25) is 0 Å². The minimum atomic E-state index is -0.679. The number of oxazole rings is 1. The number of halogens is 1. The molecule has 2 aromatic carbocycles. The molecule has 1 aromatic heterocycles. The lowest BCUT2D eigenvalue weighted by atomic mass is 10.2. The molecule has 0 amide bonds. The molecule has 19 heavy (non-hydrogen) atoms. The summed E-state index contributed by atoms with van der Waals surface area (Å²) < 4.78 is 6.73. The molecule has 0 atom stereocenters. The molecular formula is C14H8BrNO3. The highest BCUT2D eigenvalue weighted by Crippen LogP contribution is 2.19. The lowest BCUT2D eigenvalue weighted by molar-refractivity contribution is 0.0956. The van der Waals surface area contributed by atoms with Gasteiger partial charge in [0.2, 0.25) is 0 Å². The van der Waals surface area contributed by atoms with Gasteiger partial charge in [-0.25, -0.2) is 9.36 Å². The molecule has 0 unspecified atom stereocenters. The monoisotopic (exact) mass is 317 g/mol. The zero-order valence-corrected chi connectivity index (χ0v) is 11.3. The van der Waals surface area contributed by atoms with E-state index < -0.39 is 11.7 Å². The molecule has 0 saturated heterocycles. The van der Waals surface area contributed by atoms with Crippen LogP contribution in [0.4, 0.5) is 0 Å². The number of para-hydroxylation sites is 2. The summed E-state index contributed by atoms with van der Waals surface area (Å²) in [6.45, 7) is 0. The van der Waals surface area contributed by atoms with Gasteiger partial charge in [-0.1, -0.05) is 24.3 Å². The molecule has 1 heterocycles. The average molecular weight is 318 g/mol. The SMILES string of the molecule is O=C(c1ccccc1Br)n1c(=O)oc2ccccc21. The molecule has 3 aromatic rings. The highest BCUT2D eigenvalue weighted by molar-refractivity contribution is 9.10. The number of hydrogen-bond donors (Lipinski definition) is 0. The highest BCUT2D eigenvalue weighted by Gasteiger charge is 2.18. The fourth-order valence-corrected chi connectivity index (χ4v) is 2.37. The number of nitrogens with zero attached hydrogens (tertiary/aromatic N) is 1. The lowest BCUT2D eigenvalue weighted by Crippen LogP contribution is -2.23. The highest BCUT2D eigenvalue weighted by atomic mass is 79.9. The number of hydrogen-bond acceptors (Lipinski definition) is 3. The molecule has 0 aliphatic carbocycles. The van der Waals surface area contributed by atoms with Crippen molar-refractivity contribution in [2.75, 3.05) is 0 Å². The minimum absolute atomic E-state index is 0.396. The fraction of sp³-hybridized carbons (Fsp3) is 0. The number of aromatic nitrogens is 1. The van der Waals surface area contributed by atoms with Gasteiger partial charge in [-0.05, 0) is 40.2 Å². The van der Waals surface area contributed by atoms with Crippen LogP contribution in [-0.2, 0) is 0 Å². The third kappa shape index (κ3) is 1.92. The van der Waals surface area contributed by atoms with E-state index >= 15 is 0 Å². The third-order valence-electron chi connectivity index (χ3n) is 2.79. The standard InChI is InChI=1S/C14H8BrNO3/c15-10-6-2-1-5-9(10)13(17)16-11-7-3-4-8-12(11)19-14(16)18/h1-8H. The Morgan fingerprint density at radius 2 is 1.74 bits per heavy atom. The summed E-state index contributed by atoms with van der Waals surface area (Å²) in [5.74, 6) is -1.09. The number of fused-ring (bicyclic) bond motifs is 1. The molecule has 0 N–H and O–H groups in total. The van der Waals surface area contributed by atoms with E-state index in [4.69, 9.17) is 4.42 Å². The van der Waals surface area contributed by atoms with Crippen molar-refractivity contribution in [1.29, 1.82) is 0 Å². The van der Waals surface area contributed by atoms with Crippen molar-refractivity contribution in [3.05, 3.63) is 69.1 Å². The summed E-state index contributed by atoms with van der Waals surface area (Å²) in [5.41, 5.74) is 1.28. The van der Waals surface area contributed by atoms with Crippen molar-refractivity contribution in [3.8, 4) is 0 Å². The van der Waals surface area contributed by atoms with Crippen molar-refractivity contribution < 1.29 is 9.21 Å². The fourth-order valence-electron chi connectivity index (χ4n) is 1.91. The Hall–Kier alpha value is -2.14. The molecule has 0 spiro atoms. The number of carbonyl (C=O) groups excluding carboxylic acids is 1. The molecule has 0 radical (unpaired) electrons. The van der Waals surface area contributed by atoms with Gasteiger partial charge in [-0.15, -0.1) is 0 Å². The van der Waals surface area contributed by atoms with E-state index in [1.165, 1.54) is 0 Å². The van der Waals surface area contributed by atoms with E-state index in [2.05, 4.69) is 15.9 Å². The van der Waals surface area contributed by atoms with Gasteiger partial charge in [0.1, 0.15) is 0 Å². The molecule has 0 saturated carbocycles. The summed E-state index contributed by atoms with van der Waals surface area (Å²) in [6, 6.07) is 13.8. The van der Waals surface area contributed by atoms with E-state index in [-0.39, 0.29) is 0 Å². The average Bonchev–Trinajstić information content (AvgIpc) is 2.74. The Kier molecular flexibility index (Phi) is 2.83. The summed E-state index contributed by atoms with van der Waals surface area (Å²) in [4.78, 5) is 24.3. The zero-order valence-electron chi connectivity index (χ0n) is 9.67. The van der Waals surface area contributed by atoms with Crippen molar-refractivity contribution in [2.45, 2.75) is 0 Å². The van der Waals surface area contributed by atoms with Gasteiger partial charge >= 0.3 is 5.76 Å². The van der Waals surface area contributed by atoms with Crippen LogP contribution in [0.3, 0.4) is 0 Å². The number of rotatable bonds is 1. The predicted molar refractivity (Wildman–Crippen MR) is 74.3 cm³/mol. The largest absolute Gasteiger partial charge is 0.427 e. The molecule has 3 rings (SSSR count). The lowest BCUT2D eigenvalue weighted by Gasteiger charge is -2.03. The Bertz CT molecular complexity index is 832. The van der Waals surface area contributed by atoms with Gasteiger partial charge in [-0.3, -0.25) is 4.79 Å². The molecule has 5 heteroatoms. The molecule has 0 aliphatic heterocycles. The second-order valence-electron chi connectivity index (χ2n) is 3.96. The maximum Gasteiger partial charge on any atom is 0.427 e. The molecular weight excluding hydrogens is 310 g/mol. The first-order valence-corrected chi connectivity index (χ1v) is 6.37. The minimum Gasteiger partial charge on any atom is -0.407 e. The molecule has 4 nitrogen and oxygen atoms in total. The van der Waals surface area contributed by atoms with Crippen molar-refractivity contribution in [1.82, 2.24) is 4.57 Å². The van der Waals surface area contributed by atoms with Crippen molar-refractivity contribution in [3.63, 3.8) is 0 Å². The smallest absolute Gasteiger partial charge is 0.407 e. The summed E-state index contributed by atoms with van der Waals surface area (Å²) in [7, 11) is 0. The van der Waals surface area contributed by atoms with Gasteiger partial charge in [0.25, 0.3) is 5.91 Å². The maximum atomic E-state index is 12.4. The summed E-state index contributed by atoms with van der Waals surface area (Å²) >= 11 is 3.30. The van der Waals surface area contributed by atoms with E-state index in [1.54, 1.807) is 48.5 Å². The van der Waals surface area contributed by atoms with Gasteiger partial charge in [0.05, 0.1) is 11.1 Å². The van der Waals surface area contributed by atoms with Crippen LogP contribution in [0.25, 0.3) is 11.1 Å². The Balaban J connectivity index is 2.26. The van der Waals surface area contributed by atoms with E-state index in [0.717, 1.165) is 4.57 Å². The van der Waals surface area contributed by atoms with Crippen molar-refractivity contribution >= 4 is 32.9 Å². The van der Waals surface area contributed by atoms with Gasteiger partial charge in [-0.2, -0.15) is 0 Å². The Morgan fingerprint density at radius 3 is 2.53 bits per heavy atom. The summed E-state index contributed by atoms with van der Waals surface area (Å²) in [5, 5.41) is 0. The second kappa shape index (κ2) is 4.51. The molecule has 0 bridgehead atoms. The topological polar surface area (TPSA) is 52.2 Å². The molecule has 94 valence electrons. The first-order chi connectivity index (χ1) is 9.18. The van der Waals surface area contributed by atoms with Crippen LogP contribution in [0.1, 0.15) is 10.4 Å². The van der Waals surface area contributed by atoms with E-state index in [0.29, 0.717) is 21.1 Å². The quantitative estimate of drug-likeness (QED) is 0.693. The number of benzene rings is 2. The molecule has 0 aliphatic rings. The van der Waals surface area contributed by atoms with E-state index in [9.17, 15) is 9.59 Å². The van der Waals surface area contributed by atoms with Crippen LogP contribution in [-0.4, -0.2) is 10.5 Å². The first-order valence-electron chi connectivity index (χ1n) is 5.58. The maximum absolute atomic E-state index is 12.4. The zero-order chi connectivity index (χ0) is 13.4. The number of carbonyl (C=O) groups is 1. The van der Waals surface area contributed by atoms with Crippen LogP contribution >= 0.6 is 15.9 Å².